The monoisotopic (exact) mass is 290 g/mol. The quantitative estimate of drug-likeness (QED) is 0.777. The zero-order valence-electron chi connectivity index (χ0n) is 12.3. The van der Waals surface area contributed by atoms with Gasteiger partial charge in [0.15, 0.2) is 0 Å². The SMILES string of the molecule is c1ccc(Nc2c(-c3ccccc3)nc3n2CCNC3)cc1. The van der Waals surface area contributed by atoms with E-state index in [4.69, 9.17) is 4.98 Å². The number of rotatable bonds is 3. The minimum atomic E-state index is 0.816. The minimum Gasteiger partial charge on any atom is -0.340 e. The summed E-state index contributed by atoms with van der Waals surface area (Å²) in [7, 11) is 0. The minimum absolute atomic E-state index is 0.816. The molecule has 0 amide bonds. The molecule has 2 aromatic carbocycles. The highest BCUT2D eigenvalue weighted by Crippen LogP contribution is 2.31. The van der Waals surface area contributed by atoms with E-state index in [0.717, 1.165) is 48.2 Å². The number of fused-ring (bicyclic) bond motifs is 1. The lowest BCUT2D eigenvalue weighted by molar-refractivity contribution is 0.509. The summed E-state index contributed by atoms with van der Waals surface area (Å²) in [6.45, 7) is 2.72. The number of hydrogen-bond acceptors (Lipinski definition) is 3. The second kappa shape index (κ2) is 5.66. The Hall–Kier alpha value is -2.59. The molecule has 0 saturated carbocycles. The third-order valence-electron chi connectivity index (χ3n) is 3.93. The predicted molar refractivity (Wildman–Crippen MR) is 89.1 cm³/mol. The molecule has 4 nitrogen and oxygen atoms in total. The number of benzene rings is 2. The van der Waals surface area contributed by atoms with Crippen LogP contribution in [0.4, 0.5) is 11.5 Å². The molecule has 0 radical (unpaired) electrons. The summed E-state index contributed by atoms with van der Waals surface area (Å²) in [5.41, 5.74) is 3.24. The van der Waals surface area contributed by atoms with Gasteiger partial charge in [-0.05, 0) is 12.1 Å². The lowest BCUT2D eigenvalue weighted by atomic mass is 10.1. The fourth-order valence-electron chi connectivity index (χ4n) is 2.85. The van der Waals surface area contributed by atoms with Gasteiger partial charge in [-0.15, -0.1) is 0 Å². The number of nitrogens with one attached hydrogen (secondary N) is 2. The first kappa shape index (κ1) is 13.1. The van der Waals surface area contributed by atoms with Gasteiger partial charge in [-0.3, -0.25) is 0 Å². The van der Waals surface area contributed by atoms with Gasteiger partial charge in [-0.2, -0.15) is 0 Å². The van der Waals surface area contributed by atoms with Gasteiger partial charge in [-0.1, -0.05) is 48.5 Å². The molecule has 0 saturated heterocycles. The van der Waals surface area contributed by atoms with Crippen LogP contribution in [0.25, 0.3) is 11.3 Å². The zero-order chi connectivity index (χ0) is 14.8. The van der Waals surface area contributed by atoms with E-state index < -0.39 is 0 Å². The molecule has 0 fully saturated rings. The summed E-state index contributed by atoms with van der Waals surface area (Å²) in [6, 6.07) is 20.6. The van der Waals surface area contributed by atoms with Crippen molar-refractivity contribution in [3.05, 3.63) is 66.5 Å². The van der Waals surface area contributed by atoms with E-state index in [9.17, 15) is 0 Å². The van der Waals surface area contributed by atoms with Crippen molar-refractivity contribution in [3.63, 3.8) is 0 Å². The van der Waals surface area contributed by atoms with Gasteiger partial charge in [0.1, 0.15) is 17.3 Å². The lowest BCUT2D eigenvalue weighted by Gasteiger charge is -2.18. The van der Waals surface area contributed by atoms with Crippen molar-refractivity contribution in [3.8, 4) is 11.3 Å². The molecule has 1 aliphatic rings. The Morgan fingerprint density at radius 1 is 0.955 bits per heavy atom. The third kappa shape index (κ3) is 2.38. The van der Waals surface area contributed by atoms with Crippen LogP contribution in [0.15, 0.2) is 60.7 Å². The number of para-hydroxylation sites is 1. The first-order chi connectivity index (χ1) is 10.9. The maximum absolute atomic E-state index is 4.86. The molecular weight excluding hydrogens is 272 g/mol. The van der Waals surface area contributed by atoms with Crippen molar-refractivity contribution >= 4 is 11.5 Å². The van der Waals surface area contributed by atoms with E-state index in [1.807, 2.05) is 24.3 Å². The van der Waals surface area contributed by atoms with Crippen molar-refractivity contribution in [2.45, 2.75) is 13.1 Å². The maximum Gasteiger partial charge on any atom is 0.138 e. The third-order valence-corrected chi connectivity index (χ3v) is 3.93. The van der Waals surface area contributed by atoms with Crippen LogP contribution in [0, 0.1) is 0 Å². The standard InChI is InChI=1S/C18H18N4/c1-3-7-14(8-4-1)17-18(20-15-9-5-2-6-10-15)22-12-11-19-13-16(22)21-17/h1-10,19-20H,11-13H2. The van der Waals surface area contributed by atoms with E-state index in [0.29, 0.717) is 0 Å². The average Bonchev–Trinajstić information content (AvgIpc) is 2.95. The molecule has 110 valence electrons. The maximum atomic E-state index is 4.86. The van der Waals surface area contributed by atoms with Crippen LogP contribution in [-0.2, 0) is 13.1 Å². The molecule has 0 unspecified atom stereocenters. The van der Waals surface area contributed by atoms with Crippen LogP contribution in [0.5, 0.6) is 0 Å². The average molecular weight is 290 g/mol. The molecule has 4 rings (SSSR count). The topological polar surface area (TPSA) is 41.9 Å². The Morgan fingerprint density at radius 2 is 1.68 bits per heavy atom. The Kier molecular flexibility index (Phi) is 3.37. The van der Waals surface area contributed by atoms with E-state index in [1.54, 1.807) is 0 Å². The summed E-state index contributed by atoms with van der Waals surface area (Å²) in [6.07, 6.45) is 0. The normalized spacial score (nSPS) is 13.6. The molecular formula is C18H18N4. The van der Waals surface area contributed by atoms with Crippen LogP contribution in [-0.4, -0.2) is 16.1 Å². The lowest BCUT2D eigenvalue weighted by Crippen LogP contribution is -2.28. The fourth-order valence-corrected chi connectivity index (χ4v) is 2.85. The van der Waals surface area contributed by atoms with Crippen molar-refractivity contribution in [2.24, 2.45) is 0 Å². The summed E-state index contributed by atoms with van der Waals surface area (Å²) in [4.78, 5) is 4.86. The molecule has 1 aliphatic heterocycles. The second-order valence-electron chi connectivity index (χ2n) is 5.41. The zero-order valence-corrected chi connectivity index (χ0v) is 12.3. The van der Waals surface area contributed by atoms with Crippen molar-refractivity contribution < 1.29 is 0 Å². The van der Waals surface area contributed by atoms with Crippen molar-refractivity contribution in [2.75, 3.05) is 11.9 Å². The number of anilines is 2. The molecule has 2 heterocycles. The van der Waals surface area contributed by atoms with Crippen LogP contribution >= 0.6 is 0 Å². The van der Waals surface area contributed by atoms with Gasteiger partial charge >= 0.3 is 0 Å². The van der Waals surface area contributed by atoms with Crippen LogP contribution in [0.2, 0.25) is 0 Å². The molecule has 4 heteroatoms. The van der Waals surface area contributed by atoms with Crippen LogP contribution < -0.4 is 10.6 Å². The van der Waals surface area contributed by atoms with Crippen LogP contribution in [0.1, 0.15) is 5.82 Å². The van der Waals surface area contributed by atoms with Gasteiger partial charge in [0.05, 0.1) is 6.54 Å². The van der Waals surface area contributed by atoms with Gasteiger partial charge < -0.3 is 15.2 Å². The molecule has 22 heavy (non-hydrogen) atoms. The number of nitrogens with zero attached hydrogens (tertiary/aromatic N) is 2. The summed E-state index contributed by atoms with van der Waals surface area (Å²) in [5.74, 6) is 2.16. The van der Waals surface area contributed by atoms with E-state index in [1.165, 1.54) is 0 Å². The van der Waals surface area contributed by atoms with Crippen molar-refractivity contribution in [1.82, 2.24) is 14.9 Å². The highest BCUT2D eigenvalue weighted by molar-refractivity contribution is 5.76. The Bertz CT molecular complexity index is 763. The summed E-state index contributed by atoms with van der Waals surface area (Å²) >= 11 is 0. The molecule has 0 spiro atoms. The largest absolute Gasteiger partial charge is 0.340 e. The van der Waals surface area contributed by atoms with Gasteiger partial charge in [0.2, 0.25) is 0 Å². The molecule has 2 N–H and O–H groups in total. The van der Waals surface area contributed by atoms with Gasteiger partial charge in [-0.25, -0.2) is 4.98 Å². The molecule has 3 aromatic rings. The molecule has 0 atom stereocenters. The summed E-state index contributed by atoms with van der Waals surface area (Å²) in [5, 5.41) is 6.94. The van der Waals surface area contributed by atoms with E-state index in [-0.39, 0.29) is 0 Å². The van der Waals surface area contributed by atoms with Gasteiger partial charge in [0.25, 0.3) is 0 Å². The Labute approximate surface area is 129 Å². The highest BCUT2D eigenvalue weighted by Gasteiger charge is 2.20. The number of aromatic nitrogens is 2. The first-order valence-corrected chi connectivity index (χ1v) is 7.59. The van der Waals surface area contributed by atoms with Gasteiger partial charge in [0, 0.05) is 24.3 Å². The highest BCUT2D eigenvalue weighted by atomic mass is 15.2. The molecule has 1 aromatic heterocycles. The molecule has 0 aliphatic carbocycles. The van der Waals surface area contributed by atoms with E-state index >= 15 is 0 Å². The Morgan fingerprint density at radius 3 is 2.45 bits per heavy atom. The first-order valence-electron chi connectivity index (χ1n) is 7.59. The second-order valence-corrected chi connectivity index (χ2v) is 5.41. The smallest absolute Gasteiger partial charge is 0.138 e. The van der Waals surface area contributed by atoms with Crippen LogP contribution in [0.3, 0.4) is 0 Å². The molecule has 0 bridgehead atoms. The number of hydrogen-bond donors (Lipinski definition) is 2. The number of imidazole rings is 1. The van der Waals surface area contributed by atoms with Crippen molar-refractivity contribution in [1.29, 1.82) is 0 Å². The fraction of sp³-hybridized carbons (Fsp3) is 0.167. The summed E-state index contributed by atoms with van der Waals surface area (Å²) < 4.78 is 2.28. The van der Waals surface area contributed by atoms with E-state index in [2.05, 4.69) is 51.6 Å². The Balaban J connectivity index is 1.82. The predicted octanol–water partition coefficient (Wildman–Crippen LogP) is 3.40.